The van der Waals surface area contributed by atoms with E-state index in [2.05, 4.69) is 16.0 Å². The molecule has 128 valence electrons. The van der Waals surface area contributed by atoms with Crippen LogP contribution in [-0.2, 0) is 0 Å². The molecule has 2 saturated heterocycles. The lowest BCUT2D eigenvalue weighted by atomic mass is 9.94. The standard InChI is InChI=1S/C17H28N4O2/c18-21-6-1-2-15(21)13-23-17-10-16(11-19-12-17)20-7-3-14(4-8-20)5-9-22/h10-12,14-15,22H,1-9,13,18H2/t15-/m0/s1. The highest BCUT2D eigenvalue weighted by Crippen LogP contribution is 2.27. The van der Waals surface area contributed by atoms with E-state index in [9.17, 15) is 0 Å². The summed E-state index contributed by atoms with van der Waals surface area (Å²) >= 11 is 0. The summed E-state index contributed by atoms with van der Waals surface area (Å²) in [6.07, 6.45) is 9.12. The Labute approximate surface area is 138 Å². The minimum absolute atomic E-state index is 0.300. The minimum atomic E-state index is 0.300. The van der Waals surface area contributed by atoms with Crippen LogP contribution >= 0.6 is 0 Å². The van der Waals surface area contributed by atoms with Crippen LogP contribution in [0.25, 0.3) is 0 Å². The molecule has 0 aliphatic carbocycles. The molecule has 2 fully saturated rings. The fraction of sp³-hybridized carbons (Fsp3) is 0.706. The van der Waals surface area contributed by atoms with Crippen LogP contribution in [0.5, 0.6) is 5.75 Å². The van der Waals surface area contributed by atoms with Crippen LogP contribution in [0.1, 0.15) is 32.1 Å². The second-order valence-electron chi connectivity index (χ2n) is 6.67. The number of nitrogens with zero attached hydrogens (tertiary/aromatic N) is 3. The van der Waals surface area contributed by atoms with Crippen molar-refractivity contribution < 1.29 is 9.84 Å². The van der Waals surface area contributed by atoms with Gasteiger partial charge < -0.3 is 14.7 Å². The van der Waals surface area contributed by atoms with E-state index in [1.165, 1.54) is 0 Å². The molecular formula is C17H28N4O2. The lowest BCUT2D eigenvalue weighted by molar-refractivity contribution is 0.175. The van der Waals surface area contributed by atoms with Crippen LogP contribution in [0.4, 0.5) is 5.69 Å². The highest BCUT2D eigenvalue weighted by atomic mass is 16.5. The lowest BCUT2D eigenvalue weighted by Crippen LogP contribution is -2.39. The molecule has 2 aliphatic rings. The summed E-state index contributed by atoms with van der Waals surface area (Å²) in [5.74, 6) is 7.41. The number of anilines is 1. The van der Waals surface area contributed by atoms with Crippen molar-refractivity contribution >= 4 is 5.69 Å². The van der Waals surface area contributed by atoms with Crippen LogP contribution < -0.4 is 15.5 Å². The SMILES string of the molecule is NN1CCC[C@H]1COc1cncc(N2CCC(CCO)CC2)c1. The van der Waals surface area contributed by atoms with Crippen molar-refractivity contribution in [2.24, 2.45) is 11.8 Å². The first-order valence-corrected chi connectivity index (χ1v) is 8.71. The average Bonchev–Trinajstić information content (AvgIpc) is 2.99. The van der Waals surface area contributed by atoms with Gasteiger partial charge in [0.2, 0.25) is 0 Å². The number of piperidine rings is 1. The van der Waals surface area contributed by atoms with E-state index < -0.39 is 0 Å². The number of ether oxygens (including phenoxy) is 1. The van der Waals surface area contributed by atoms with E-state index in [1.807, 2.05) is 11.2 Å². The van der Waals surface area contributed by atoms with Gasteiger partial charge in [-0.25, -0.2) is 5.01 Å². The fourth-order valence-corrected chi connectivity index (χ4v) is 3.55. The van der Waals surface area contributed by atoms with Crippen LogP contribution in [0.15, 0.2) is 18.5 Å². The molecule has 1 aromatic heterocycles. The average molecular weight is 320 g/mol. The van der Waals surface area contributed by atoms with Crippen molar-refractivity contribution in [3.63, 3.8) is 0 Å². The molecule has 0 spiro atoms. The maximum absolute atomic E-state index is 9.05. The van der Waals surface area contributed by atoms with Crippen LogP contribution in [0.3, 0.4) is 0 Å². The predicted molar refractivity (Wildman–Crippen MR) is 90.3 cm³/mol. The second kappa shape index (κ2) is 7.95. The monoisotopic (exact) mass is 320 g/mol. The zero-order valence-electron chi connectivity index (χ0n) is 13.7. The zero-order chi connectivity index (χ0) is 16.1. The van der Waals surface area contributed by atoms with Gasteiger partial charge in [-0.05, 0) is 38.0 Å². The van der Waals surface area contributed by atoms with Gasteiger partial charge in [0.15, 0.2) is 0 Å². The number of hydrazine groups is 1. The molecule has 0 unspecified atom stereocenters. The molecule has 0 amide bonds. The summed E-state index contributed by atoms with van der Waals surface area (Å²) in [5.41, 5.74) is 1.13. The first kappa shape index (κ1) is 16.5. The van der Waals surface area contributed by atoms with E-state index in [1.54, 1.807) is 6.20 Å². The number of hydrogen-bond donors (Lipinski definition) is 2. The summed E-state index contributed by atoms with van der Waals surface area (Å²) in [6.45, 7) is 3.92. The number of hydrogen-bond acceptors (Lipinski definition) is 6. The molecule has 0 saturated carbocycles. The lowest BCUT2D eigenvalue weighted by Gasteiger charge is -2.33. The summed E-state index contributed by atoms with van der Waals surface area (Å²) in [4.78, 5) is 6.69. The van der Waals surface area contributed by atoms with E-state index in [-0.39, 0.29) is 0 Å². The Morgan fingerprint density at radius 3 is 2.74 bits per heavy atom. The summed E-state index contributed by atoms with van der Waals surface area (Å²) < 4.78 is 5.91. The molecule has 0 bridgehead atoms. The third kappa shape index (κ3) is 4.34. The van der Waals surface area contributed by atoms with Gasteiger partial charge in [0.05, 0.1) is 24.1 Å². The fourth-order valence-electron chi connectivity index (χ4n) is 3.55. The topological polar surface area (TPSA) is 74.8 Å². The van der Waals surface area contributed by atoms with Crippen molar-refractivity contribution in [2.45, 2.75) is 38.1 Å². The molecular weight excluding hydrogens is 292 g/mol. The van der Waals surface area contributed by atoms with Gasteiger partial charge >= 0.3 is 0 Å². The number of rotatable bonds is 6. The molecule has 2 aliphatic heterocycles. The van der Waals surface area contributed by atoms with Gasteiger partial charge in [-0.1, -0.05) is 0 Å². The summed E-state index contributed by atoms with van der Waals surface area (Å²) in [5, 5.41) is 10.9. The summed E-state index contributed by atoms with van der Waals surface area (Å²) in [6, 6.07) is 2.39. The van der Waals surface area contributed by atoms with Gasteiger partial charge in [0.1, 0.15) is 12.4 Å². The minimum Gasteiger partial charge on any atom is -0.490 e. The Morgan fingerprint density at radius 2 is 2.04 bits per heavy atom. The molecule has 1 atom stereocenters. The van der Waals surface area contributed by atoms with Crippen molar-refractivity contribution in [3.8, 4) is 5.75 Å². The van der Waals surface area contributed by atoms with Gasteiger partial charge in [-0.15, -0.1) is 0 Å². The molecule has 0 radical (unpaired) electrons. The predicted octanol–water partition coefficient (Wildman–Crippen LogP) is 1.40. The van der Waals surface area contributed by atoms with Crippen LogP contribution in [0, 0.1) is 5.92 Å². The number of aliphatic hydroxyl groups excluding tert-OH is 1. The van der Waals surface area contributed by atoms with E-state index in [0.717, 1.165) is 63.2 Å². The maximum atomic E-state index is 9.05. The molecule has 3 heterocycles. The van der Waals surface area contributed by atoms with Gasteiger partial charge in [0.25, 0.3) is 0 Å². The van der Waals surface area contributed by atoms with Gasteiger partial charge in [-0.2, -0.15) is 0 Å². The Morgan fingerprint density at radius 1 is 1.22 bits per heavy atom. The number of pyridine rings is 1. The van der Waals surface area contributed by atoms with Gasteiger partial charge in [-0.3, -0.25) is 10.8 Å². The Hall–Kier alpha value is -1.37. The van der Waals surface area contributed by atoms with E-state index in [4.69, 9.17) is 15.7 Å². The smallest absolute Gasteiger partial charge is 0.139 e. The third-order valence-corrected chi connectivity index (χ3v) is 5.08. The molecule has 6 nitrogen and oxygen atoms in total. The van der Waals surface area contributed by atoms with Crippen molar-refractivity contribution in [2.75, 3.05) is 37.7 Å². The Bertz CT molecular complexity index is 491. The van der Waals surface area contributed by atoms with Crippen molar-refractivity contribution in [3.05, 3.63) is 18.5 Å². The Balaban J connectivity index is 1.53. The first-order valence-electron chi connectivity index (χ1n) is 8.71. The molecule has 1 aromatic rings. The van der Waals surface area contributed by atoms with E-state index >= 15 is 0 Å². The molecule has 0 aromatic carbocycles. The number of aromatic nitrogens is 1. The zero-order valence-corrected chi connectivity index (χ0v) is 13.7. The van der Waals surface area contributed by atoms with E-state index in [0.29, 0.717) is 25.2 Å². The molecule has 3 rings (SSSR count). The highest BCUT2D eigenvalue weighted by molar-refractivity contribution is 5.48. The number of aliphatic hydroxyl groups is 1. The normalized spacial score (nSPS) is 23.4. The van der Waals surface area contributed by atoms with Crippen molar-refractivity contribution in [1.82, 2.24) is 9.99 Å². The van der Waals surface area contributed by atoms with Crippen LogP contribution in [-0.4, -0.2) is 54.0 Å². The molecule has 23 heavy (non-hydrogen) atoms. The summed E-state index contributed by atoms with van der Waals surface area (Å²) in [7, 11) is 0. The molecule has 6 heteroatoms. The second-order valence-corrected chi connectivity index (χ2v) is 6.67. The molecule has 3 N–H and O–H groups in total. The quantitative estimate of drug-likeness (QED) is 0.772. The third-order valence-electron chi connectivity index (χ3n) is 5.08. The maximum Gasteiger partial charge on any atom is 0.139 e. The largest absolute Gasteiger partial charge is 0.490 e. The van der Waals surface area contributed by atoms with Crippen molar-refractivity contribution in [1.29, 1.82) is 0 Å². The highest BCUT2D eigenvalue weighted by Gasteiger charge is 2.23. The van der Waals surface area contributed by atoms with Crippen LogP contribution in [0.2, 0.25) is 0 Å². The number of nitrogens with two attached hydrogens (primary N) is 1. The first-order chi connectivity index (χ1) is 11.3. The Kier molecular flexibility index (Phi) is 5.70. The van der Waals surface area contributed by atoms with Gasteiger partial charge in [0, 0.05) is 32.3 Å².